The summed E-state index contributed by atoms with van der Waals surface area (Å²) in [6.07, 6.45) is -0.618. The molecular formula is C21H19FN4O2S. The van der Waals surface area contributed by atoms with Crippen molar-refractivity contribution in [3.63, 3.8) is 0 Å². The topological polar surface area (TPSA) is 68.2 Å². The van der Waals surface area contributed by atoms with Gasteiger partial charge in [0.25, 0.3) is 0 Å². The van der Waals surface area contributed by atoms with Gasteiger partial charge in [-0.2, -0.15) is 4.98 Å². The predicted molar refractivity (Wildman–Crippen MR) is 109 cm³/mol. The maximum absolute atomic E-state index is 14.0. The third-order valence-corrected chi connectivity index (χ3v) is 5.21. The molecule has 0 radical (unpaired) electrons. The number of fused-ring (bicyclic) bond motifs is 3. The lowest BCUT2D eigenvalue weighted by Crippen LogP contribution is -2.37. The average Bonchev–Trinajstić information content (AvgIpc) is 2.88. The Morgan fingerprint density at radius 2 is 2.00 bits per heavy atom. The third-order valence-electron chi connectivity index (χ3n) is 4.49. The molecule has 2 aromatic carbocycles. The summed E-state index contributed by atoms with van der Waals surface area (Å²) >= 11 is 1.44. The van der Waals surface area contributed by atoms with E-state index < -0.39 is 12.0 Å². The number of para-hydroxylation sites is 1. The Labute approximate surface area is 172 Å². The zero-order valence-electron chi connectivity index (χ0n) is 16.0. The first-order chi connectivity index (χ1) is 14.1. The van der Waals surface area contributed by atoms with E-state index in [-0.39, 0.29) is 18.2 Å². The lowest BCUT2D eigenvalue weighted by Gasteiger charge is -2.30. The van der Waals surface area contributed by atoms with Crippen molar-refractivity contribution in [2.24, 2.45) is 0 Å². The molecule has 6 nitrogen and oxygen atoms in total. The van der Waals surface area contributed by atoms with E-state index in [9.17, 15) is 9.18 Å². The zero-order chi connectivity index (χ0) is 20.4. The largest absolute Gasteiger partial charge is 0.447 e. The van der Waals surface area contributed by atoms with E-state index in [0.717, 1.165) is 5.75 Å². The SMILES string of the molecule is CCSc1nnc2c(n1)OC(c1cccc(F)c1)N(C(=O)CC)c1ccccc1-2. The molecule has 148 valence electrons. The van der Waals surface area contributed by atoms with Gasteiger partial charge in [0.1, 0.15) is 5.82 Å². The van der Waals surface area contributed by atoms with E-state index >= 15 is 0 Å². The average molecular weight is 410 g/mol. The monoisotopic (exact) mass is 410 g/mol. The number of aromatic nitrogens is 3. The van der Waals surface area contributed by atoms with Crippen molar-refractivity contribution in [3.05, 3.63) is 59.9 Å². The molecule has 3 aromatic rings. The summed E-state index contributed by atoms with van der Waals surface area (Å²) in [6.45, 7) is 3.77. The molecular weight excluding hydrogens is 391 g/mol. The molecule has 29 heavy (non-hydrogen) atoms. The summed E-state index contributed by atoms with van der Waals surface area (Å²) in [5.41, 5.74) is 2.28. The van der Waals surface area contributed by atoms with Gasteiger partial charge in [0.05, 0.1) is 5.69 Å². The highest BCUT2D eigenvalue weighted by molar-refractivity contribution is 7.99. The van der Waals surface area contributed by atoms with Crippen molar-refractivity contribution in [1.29, 1.82) is 0 Å². The van der Waals surface area contributed by atoms with Crippen LogP contribution < -0.4 is 9.64 Å². The van der Waals surface area contributed by atoms with E-state index in [1.54, 1.807) is 24.0 Å². The molecule has 0 aliphatic carbocycles. The van der Waals surface area contributed by atoms with Crippen LogP contribution in [-0.4, -0.2) is 26.8 Å². The Balaban J connectivity index is 1.95. The first-order valence-corrected chi connectivity index (χ1v) is 10.3. The van der Waals surface area contributed by atoms with Crippen LogP contribution in [0.5, 0.6) is 5.88 Å². The molecule has 2 heterocycles. The molecule has 0 spiro atoms. The number of anilines is 1. The van der Waals surface area contributed by atoms with Crippen LogP contribution in [0.25, 0.3) is 11.3 Å². The second-order valence-electron chi connectivity index (χ2n) is 6.34. The van der Waals surface area contributed by atoms with Gasteiger partial charge in [-0.15, -0.1) is 10.2 Å². The maximum Gasteiger partial charge on any atom is 0.247 e. The normalized spacial score (nSPS) is 15.1. The number of carbonyl (C=O) groups excluding carboxylic acids is 1. The van der Waals surface area contributed by atoms with Gasteiger partial charge in [-0.1, -0.05) is 55.9 Å². The van der Waals surface area contributed by atoms with Crippen molar-refractivity contribution < 1.29 is 13.9 Å². The van der Waals surface area contributed by atoms with E-state index in [4.69, 9.17) is 4.74 Å². The van der Waals surface area contributed by atoms with E-state index in [2.05, 4.69) is 15.2 Å². The maximum atomic E-state index is 14.0. The van der Waals surface area contributed by atoms with Crippen molar-refractivity contribution >= 4 is 23.4 Å². The smallest absolute Gasteiger partial charge is 0.247 e. The number of amides is 1. The summed E-state index contributed by atoms with van der Waals surface area (Å²) in [4.78, 5) is 19.0. The number of nitrogens with zero attached hydrogens (tertiary/aromatic N) is 4. The molecule has 0 saturated carbocycles. The molecule has 4 rings (SSSR count). The van der Waals surface area contributed by atoms with Crippen LogP contribution in [0.2, 0.25) is 0 Å². The van der Waals surface area contributed by atoms with E-state index in [0.29, 0.717) is 27.7 Å². The number of ether oxygens (including phenoxy) is 1. The Kier molecular flexibility index (Phi) is 5.44. The summed E-state index contributed by atoms with van der Waals surface area (Å²) < 4.78 is 20.2. The predicted octanol–water partition coefficient (Wildman–Crippen LogP) is 4.62. The Morgan fingerprint density at radius 3 is 2.76 bits per heavy atom. The van der Waals surface area contributed by atoms with Crippen LogP contribution in [0.3, 0.4) is 0 Å². The fraction of sp³-hybridized carbons (Fsp3) is 0.238. The van der Waals surface area contributed by atoms with E-state index in [1.807, 2.05) is 31.2 Å². The Morgan fingerprint density at radius 1 is 1.17 bits per heavy atom. The van der Waals surface area contributed by atoms with Crippen molar-refractivity contribution in [2.75, 3.05) is 10.7 Å². The zero-order valence-corrected chi connectivity index (χ0v) is 16.8. The van der Waals surface area contributed by atoms with Crippen LogP contribution in [-0.2, 0) is 4.79 Å². The molecule has 1 amide bonds. The van der Waals surface area contributed by atoms with Gasteiger partial charge < -0.3 is 4.74 Å². The number of benzene rings is 2. The number of hydrogen-bond donors (Lipinski definition) is 0. The fourth-order valence-electron chi connectivity index (χ4n) is 3.22. The van der Waals surface area contributed by atoms with Gasteiger partial charge in [-0.05, 0) is 24.0 Å². The second-order valence-corrected chi connectivity index (χ2v) is 7.57. The number of rotatable bonds is 4. The molecule has 1 aliphatic heterocycles. The van der Waals surface area contributed by atoms with Crippen LogP contribution in [0.15, 0.2) is 53.7 Å². The van der Waals surface area contributed by atoms with Crippen molar-refractivity contribution in [2.45, 2.75) is 31.7 Å². The van der Waals surface area contributed by atoms with Gasteiger partial charge in [-0.3, -0.25) is 9.69 Å². The minimum Gasteiger partial charge on any atom is -0.447 e. The number of thioether (sulfide) groups is 1. The lowest BCUT2D eigenvalue weighted by molar-refractivity contribution is -0.120. The molecule has 1 atom stereocenters. The first kappa shape index (κ1) is 19.3. The highest BCUT2D eigenvalue weighted by atomic mass is 32.2. The highest BCUT2D eigenvalue weighted by Crippen LogP contribution is 2.43. The molecule has 0 fully saturated rings. The second kappa shape index (κ2) is 8.16. The summed E-state index contributed by atoms with van der Waals surface area (Å²) in [6, 6.07) is 13.4. The fourth-order valence-corrected chi connectivity index (χ4v) is 3.72. The first-order valence-electron chi connectivity index (χ1n) is 9.33. The highest BCUT2D eigenvalue weighted by Gasteiger charge is 2.35. The van der Waals surface area contributed by atoms with Gasteiger partial charge in [-0.25, -0.2) is 4.39 Å². The molecule has 1 unspecified atom stereocenters. The molecule has 8 heteroatoms. The summed E-state index contributed by atoms with van der Waals surface area (Å²) in [5.74, 6) is 0.487. The van der Waals surface area contributed by atoms with E-state index in [1.165, 1.54) is 23.9 Å². The third kappa shape index (κ3) is 3.67. The van der Waals surface area contributed by atoms with Crippen LogP contribution in [0, 0.1) is 5.82 Å². The number of hydrogen-bond acceptors (Lipinski definition) is 6. The standard InChI is InChI=1S/C21H19FN4O2S/c1-3-17(27)26-16-11-6-5-10-15(16)18-19(23-21(25-24-18)29-4-2)28-20(26)13-8-7-9-14(22)12-13/h5-12,20H,3-4H2,1-2H3. The van der Waals surface area contributed by atoms with Gasteiger partial charge in [0, 0.05) is 17.5 Å². The number of carbonyl (C=O) groups is 1. The Bertz CT molecular complexity index is 1060. The molecule has 0 bridgehead atoms. The number of halogens is 1. The Hall–Kier alpha value is -3.00. The van der Waals surface area contributed by atoms with Crippen LogP contribution >= 0.6 is 11.8 Å². The van der Waals surface area contributed by atoms with Gasteiger partial charge in [0.2, 0.25) is 23.2 Å². The van der Waals surface area contributed by atoms with Crippen LogP contribution in [0.1, 0.15) is 32.1 Å². The molecule has 1 aromatic heterocycles. The van der Waals surface area contributed by atoms with Crippen molar-refractivity contribution in [1.82, 2.24) is 15.2 Å². The minimum absolute atomic E-state index is 0.157. The van der Waals surface area contributed by atoms with Gasteiger partial charge in [0.15, 0.2) is 5.69 Å². The molecule has 0 N–H and O–H groups in total. The summed E-state index contributed by atoms with van der Waals surface area (Å²) in [7, 11) is 0. The summed E-state index contributed by atoms with van der Waals surface area (Å²) in [5, 5.41) is 9.00. The van der Waals surface area contributed by atoms with Gasteiger partial charge >= 0.3 is 0 Å². The van der Waals surface area contributed by atoms with Crippen LogP contribution in [0.4, 0.5) is 10.1 Å². The quantitative estimate of drug-likeness (QED) is 0.585. The lowest BCUT2D eigenvalue weighted by atomic mass is 10.1. The van der Waals surface area contributed by atoms with Crippen molar-refractivity contribution in [3.8, 4) is 17.1 Å². The molecule has 1 aliphatic rings. The molecule has 0 saturated heterocycles. The minimum atomic E-state index is -0.878.